The van der Waals surface area contributed by atoms with E-state index in [0.717, 1.165) is 21.8 Å². The Bertz CT molecular complexity index is 471. The lowest BCUT2D eigenvalue weighted by Crippen LogP contribution is -2.01. The fourth-order valence-electron chi connectivity index (χ4n) is 1.44. The van der Waals surface area contributed by atoms with Crippen molar-refractivity contribution in [3.8, 4) is 0 Å². The molecule has 1 aromatic carbocycles. The summed E-state index contributed by atoms with van der Waals surface area (Å²) in [5, 5.41) is 4.07. The summed E-state index contributed by atoms with van der Waals surface area (Å²) in [4.78, 5) is 7.92. The van der Waals surface area contributed by atoms with Crippen molar-refractivity contribution in [2.45, 2.75) is 13.5 Å². The van der Waals surface area contributed by atoms with Crippen molar-refractivity contribution in [3.05, 3.63) is 53.1 Å². The molecule has 1 heterocycles. The molecule has 1 N–H and O–H groups in total. The van der Waals surface area contributed by atoms with Crippen molar-refractivity contribution in [1.82, 2.24) is 9.97 Å². The van der Waals surface area contributed by atoms with Gasteiger partial charge in [0.2, 0.25) is 0 Å². The van der Waals surface area contributed by atoms with E-state index in [9.17, 15) is 0 Å². The second-order valence-electron chi connectivity index (χ2n) is 3.56. The minimum atomic E-state index is 0.712. The van der Waals surface area contributed by atoms with E-state index in [2.05, 4.69) is 15.3 Å². The number of rotatable bonds is 3. The zero-order chi connectivity index (χ0) is 11.4. The third-order valence-electron chi connectivity index (χ3n) is 2.29. The number of hydrogen-bond donors (Lipinski definition) is 1. The van der Waals surface area contributed by atoms with Crippen LogP contribution in [0.1, 0.15) is 11.1 Å². The lowest BCUT2D eigenvalue weighted by atomic mass is 10.2. The van der Waals surface area contributed by atoms with Crippen LogP contribution in [0.4, 0.5) is 5.69 Å². The summed E-state index contributed by atoms with van der Waals surface area (Å²) in [7, 11) is 0. The Morgan fingerprint density at radius 1 is 1.25 bits per heavy atom. The number of benzene rings is 1. The highest BCUT2D eigenvalue weighted by atomic mass is 35.5. The molecule has 3 nitrogen and oxygen atoms in total. The molecule has 0 aliphatic heterocycles. The monoisotopic (exact) mass is 233 g/mol. The van der Waals surface area contributed by atoms with Gasteiger partial charge in [-0.3, -0.25) is 0 Å². The van der Waals surface area contributed by atoms with Crippen molar-refractivity contribution in [2.75, 3.05) is 5.32 Å². The first-order valence-electron chi connectivity index (χ1n) is 4.99. The van der Waals surface area contributed by atoms with E-state index in [0.29, 0.717) is 6.54 Å². The van der Waals surface area contributed by atoms with Gasteiger partial charge in [-0.2, -0.15) is 0 Å². The summed E-state index contributed by atoms with van der Waals surface area (Å²) in [6.07, 6.45) is 5.12. The number of nitrogens with zero attached hydrogens (tertiary/aromatic N) is 2. The molecule has 0 unspecified atom stereocenters. The quantitative estimate of drug-likeness (QED) is 0.886. The average molecular weight is 234 g/mol. The minimum absolute atomic E-state index is 0.712. The highest BCUT2D eigenvalue weighted by Gasteiger charge is 1.99. The van der Waals surface area contributed by atoms with Crippen LogP contribution in [0.2, 0.25) is 5.02 Å². The van der Waals surface area contributed by atoms with Crippen LogP contribution in [-0.4, -0.2) is 9.97 Å². The topological polar surface area (TPSA) is 37.8 Å². The molecule has 0 fully saturated rings. The van der Waals surface area contributed by atoms with Crippen LogP contribution in [0.3, 0.4) is 0 Å². The number of aromatic nitrogens is 2. The first-order valence-corrected chi connectivity index (χ1v) is 5.37. The molecular formula is C12H12ClN3. The standard InChI is InChI=1S/C12H12ClN3/c1-9-4-11(13)2-3-12(9)16-7-10-5-14-8-15-6-10/h2-6,8,16H,7H2,1H3. The Hall–Kier alpha value is -1.61. The number of aryl methyl sites for hydroxylation is 1. The van der Waals surface area contributed by atoms with Crippen LogP contribution in [0.5, 0.6) is 0 Å². The van der Waals surface area contributed by atoms with Crippen LogP contribution in [-0.2, 0) is 6.54 Å². The molecular weight excluding hydrogens is 222 g/mol. The molecule has 0 bridgehead atoms. The van der Waals surface area contributed by atoms with Gasteiger partial charge in [0.1, 0.15) is 6.33 Å². The van der Waals surface area contributed by atoms with Gasteiger partial charge in [-0.05, 0) is 30.7 Å². The smallest absolute Gasteiger partial charge is 0.115 e. The van der Waals surface area contributed by atoms with E-state index < -0.39 is 0 Å². The largest absolute Gasteiger partial charge is 0.381 e. The highest BCUT2D eigenvalue weighted by Crippen LogP contribution is 2.19. The maximum absolute atomic E-state index is 5.89. The van der Waals surface area contributed by atoms with Gasteiger partial charge >= 0.3 is 0 Å². The summed E-state index contributed by atoms with van der Waals surface area (Å²) >= 11 is 5.89. The Labute approximate surface area is 99.5 Å². The molecule has 0 aliphatic rings. The van der Waals surface area contributed by atoms with Crippen molar-refractivity contribution < 1.29 is 0 Å². The molecule has 4 heteroatoms. The Kier molecular flexibility index (Phi) is 3.37. The maximum Gasteiger partial charge on any atom is 0.115 e. The number of nitrogens with one attached hydrogen (secondary N) is 1. The van der Waals surface area contributed by atoms with Gasteiger partial charge in [0.15, 0.2) is 0 Å². The first kappa shape index (κ1) is 10.9. The summed E-state index contributed by atoms with van der Waals surface area (Å²) in [5.41, 5.74) is 3.26. The Balaban J connectivity index is 2.05. The zero-order valence-electron chi connectivity index (χ0n) is 8.94. The Morgan fingerprint density at radius 2 is 2.00 bits per heavy atom. The predicted molar refractivity (Wildman–Crippen MR) is 65.5 cm³/mol. The van der Waals surface area contributed by atoms with Gasteiger partial charge < -0.3 is 5.32 Å². The molecule has 0 spiro atoms. The summed E-state index contributed by atoms with van der Waals surface area (Å²) < 4.78 is 0. The molecule has 0 radical (unpaired) electrons. The van der Waals surface area contributed by atoms with E-state index in [-0.39, 0.29) is 0 Å². The normalized spacial score (nSPS) is 10.1. The lowest BCUT2D eigenvalue weighted by Gasteiger charge is -2.09. The van der Waals surface area contributed by atoms with E-state index in [1.54, 1.807) is 12.4 Å². The third-order valence-corrected chi connectivity index (χ3v) is 2.52. The molecule has 2 aromatic rings. The number of hydrogen-bond acceptors (Lipinski definition) is 3. The van der Waals surface area contributed by atoms with Crippen molar-refractivity contribution in [2.24, 2.45) is 0 Å². The van der Waals surface area contributed by atoms with Crippen LogP contribution < -0.4 is 5.32 Å². The zero-order valence-corrected chi connectivity index (χ0v) is 9.70. The van der Waals surface area contributed by atoms with Gasteiger partial charge in [-0.1, -0.05) is 11.6 Å². The second kappa shape index (κ2) is 4.94. The molecule has 1 aromatic heterocycles. The molecule has 2 rings (SSSR count). The summed E-state index contributed by atoms with van der Waals surface area (Å²) in [6, 6.07) is 5.78. The fourth-order valence-corrected chi connectivity index (χ4v) is 1.67. The molecule has 0 aliphatic carbocycles. The van der Waals surface area contributed by atoms with Crippen molar-refractivity contribution in [1.29, 1.82) is 0 Å². The van der Waals surface area contributed by atoms with Gasteiger partial charge in [0, 0.05) is 35.2 Å². The Morgan fingerprint density at radius 3 is 2.69 bits per heavy atom. The highest BCUT2D eigenvalue weighted by molar-refractivity contribution is 6.30. The van der Waals surface area contributed by atoms with E-state index in [1.807, 2.05) is 25.1 Å². The van der Waals surface area contributed by atoms with Crippen LogP contribution in [0.25, 0.3) is 0 Å². The van der Waals surface area contributed by atoms with Gasteiger partial charge in [-0.15, -0.1) is 0 Å². The predicted octanol–water partition coefficient (Wildman–Crippen LogP) is 3.05. The van der Waals surface area contributed by atoms with E-state index in [4.69, 9.17) is 11.6 Å². The number of anilines is 1. The molecule has 0 amide bonds. The van der Waals surface area contributed by atoms with Gasteiger partial charge in [0.05, 0.1) is 0 Å². The van der Waals surface area contributed by atoms with E-state index >= 15 is 0 Å². The first-order chi connectivity index (χ1) is 7.75. The SMILES string of the molecule is Cc1cc(Cl)ccc1NCc1cncnc1. The second-order valence-corrected chi connectivity index (χ2v) is 4.00. The third kappa shape index (κ3) is 2.70. The van der Waals surface area contributed by atoms with E-state index in [1.165, 1.54) is 6.33 Å². The number of halogens is 1. The van der Waals surface area contributed by atoms with Crippen LogP contribution in [0.15, 0.2) is 36.9 Å². The average Bonchev–Trinajstić information content (AvgIpc) is 2.29. The van der Waals surface area contributed by atoms with Gasteiger partial charge in [-0.25, -0.2) is 9.97 Å². The lowest BCUT2D eigenvalue weighted by molar-refractivity contribution is 1.05. The molecule has 0 atom stereocenters. The summed E-state index contributed by atoms with van der Waals surface area (Å²) in [5.74, 6) is 0. The van der Waals surface area contributed by atoms with Gasteiger partial charge in [0.25, 0.3) is 0 Å². The minimum Gasteiger partial charge on any atom is -0.381 e. The fraction of sp³-hybridized carbons (Fsp3) is 0.167. The molecule has 16 heavy (non-hydrogen) atoms. The maximum atomic E-state index is 5.89. The molecule has 0 saturated heterocycles. The molecule has 82 valence electrons. The van der Waals surface area contributed by atoms with Crippen LogP contribution >= 0.6 is 11.6 Å². The molecule has 0 saturated carbocycles. The van der Waals surface area contributed by atoms with Crippen molar-refractivity contribution in [3.63, 3.8) is 0 Å². The summed E-state index contributed by atoms with van der Waals surface area (Å²) in [6.45, 7) is 2.74. The van der Waals surface area contributed by atoms with Crippen molar-refractivity contribution >= 4 is 17.3 Å². The van der Waals surface area contributed by atoms with Crippen LogP contribution in [0, 0.1) is 6.92 Å².